The molecule has 4 aliphatic carbocycles. The van der Waals surface area contributed by atoms with Crippen LogP contribution in [0.4, 0.5) is 10.1 Å². The Balaban J connectivity index is 1.60. The highest BCUT2D eigenvalue weighted by atomic mass is 35.5. The Morgan fingerprint density at radius 1 is 1.00 bits per heavy atom. The molecule has 4 bridgehead atoms. The second-order valence-electron chi connectivity index (χ2n) is 6.70. The molecule has 0 heterocycles. The molecular weight excluding hydrogens is 261 g/mol. The van der Waals surface area contributed by atoms with Gasteiger partial charge in [-0.05, 0) is 67.9 Å². The van der Waals surface area contributed by atoms with Gasteiger partial charge in [-0.25, -0.2) is 4.39 Å². The number of halogens is 2. The predicted octanol–water partition coefficient (Wildman–Crippen LogP) is 4.72. The molecule has 0 unspecified atom stereocenters. The van der Waals surface area contributed by atoms with Crippen LogP contribution in [0.15, 0.2) is 18.2 Å². The van der Waals surface area contributed by atoms with E-state index in [1.807, 2.05) is 0 Å². The average molecular weight is 280 g/mol. The lowest BCUT2D eigenvalue weighted by Gasteiger charge is -2.54. The number of rotatable bonds is 2. The molecule has 0 atom stereocenters. The summed E-state index contributed by atoms with van der Waals surface area (Å²) in [6, 6.07) is 5.36. The third kappa shape index (κ3) is 1.96. The van der Waals surface area contributed by atoms with Crippen LogP contribution in [0.3, 0.4) is 0 Å². The number of para-hydroxylation sites is 1. The lowest BCUT2D eigenvalue weighted by Crippen LogP contribution is -2.51. The molecule has 0 spiro atoms. The molecule has 1 aromatic carbocycles. The van der Waals surface area contributed by atoms with Gasteiger partial charge in [-0.15, -0.1) is 0 Å². The summed E-state index contributed by atoms with van der Waals surface area (Å²) in [6.07, 6.45) is 6.77. The van der Waals surface area contributed by atoms with Crippen LogP contribution in [0.25, 0.3) is 0 Å². The van der Waals surface area contributed by atoms with Gasteiger partial charge in [0.2, 0.25) is 0 Å². The normalized spacial score (nSPS) is 39.6. The first-order chi connectivity index (χ1) is 9.20. The summed E-state index contributed by atoms with van der Waals surface area (Å²) in [7, 11) is 0. The maximum atomic E-state index is 13.9. The van der Waals surface area contributed by atoms with E-state index in [4.69, 9.17) is 11.6 Å². The van der Waals surface area contributed by atoms with Crippen LogP contribution in [0, 0.1) is 29.5 Å². The summed E-state index contributed by atoms with van der Waals surface area (Å²) >= 11 is 6.14. The molecule has 0 saturated heterocycles. The van der Waals surface area contributed by atoms with E-state index in [0.29, 0.717) is 16.8 Å². The lowest BCUT2D eigenvalue weighted by atomic mass is 9.54. The quantitative estimate of drug-likeness (QED) is 0.826. The van der Waals surface area contributed by atoms with E-state index in [0.717, 1.165) is 23.7 Å². The Kier molecular flexibility index (Phi) is 2.77. The van der Waals surface area contributed by atoms with Gasteiger partial charge in [0.1, 0.15) is 5.82 Å². The molecule has 4 aliphatic rings. The topological polar surface area (TPSA) is 12.0 Å². The molecule has 4 saturated carbocycles. The summed E-state index contributed by atoms with van der Waals surface area (Å²) in [5, 5.41) is 3.96. The van der Waals surface area contributed by atoms with Gasteiger partial charge in [0.25, 0.3) is 0 Å². The number of benzene rings is 1. The van der Waals surface area contributed by atoms with Gasteiger partial charge >= 0.3 is 0 Å². The molecule has 4 fully saturated rings. The second-order valence-corrected chi connectivity index (χ2v) is 7.10. The highest BCUT2D eigenvalue weighted by molar-refractivity contribution is 6.33. The van der Waals surface area contributed by atoms with Crippen LogP contribution in [-0.2, 0) is 0 Å². The Labute approximate surface area is 118 Å². The summed E-state index contributed by atoms with van der Waals surface area (Å²) in [4.78, 5) is 0. The van der Waals surface area contributed by atoms with Crippen molar-refractivity contribution in [1.82, 2.24) is 0 Å². The zero-order chi connectivity index (χ0) is 13.0. The van der Waals surface area contributed by atoms with Crippen molar-refractivity contribution >= 4 is 17.3 Å². The maximum Gasteiger partial charge on any atom is 0.147 e. The van der Waals surface area contributed by atoms with Crippen molar-refractivity contribution in [2.24, 2.45) is 23.7 Å². The third-order valence-electron chi connectivity index (χ3n) is 5.50. The van der Waals surface area contributed by atoms with Gasteiger partial charge in [0.15, 0.2) is 0 Å². The fourth-order valence-corrected chi connectivity index (χ4v) is 5.18. The summed E-state index contributed by atoms with van der Waals surface area (Å²) in [6.45, 7) is 0. The van der Waals surface area contributed by atoms with Gasteiger partial charge in [-0.2, -0.15) is 0 Å². The molecule has 1 aromatic rings. The molecule has 0 aliphatic heterocycles. The second kappa shape index (κ2) is 4.37. The van der Waals surface area contributed by atoms with Crippen LogP contribution < -0.4 is 5.32 Å². The molecular formula is C16H19ClFN. The Morgan fingerprint density at radius 2 is 1.63 bits per heavy atom. The average Bonchev–Trinajstić information content (AvgIpc) is 2.36. The first-order valence-electron chi connectivity index (χ1n) is 7.41. The fraction of sp³-hybridized carbons (Fsp3) is 0.625. The van der Waals surface area contributed by atoms with E-state index in [2.05, 4.69) is 5.32 Å². The van der Waals surface area contributed by atoms with Crippen LogP contribution in [0.2, 0.25) is 5.02 Å². The van der Waals surface area contributed by atoms with Gasteiger partial charge in [0.05, 0.1) is 10.7 Å². The summed E-state index contributed by atoms with van der Waals surface area (Å²) < 4.78 is 13.9. The third-order valence-corrected chi connectivity index (χ3v) is 5.82. The monoisotopic (exact) mass is 279 g/mol. The summed E-state index contributed by atoms with van der Waals surface area (Å²) in [5.41, 5.74) is 0.515. The van der Waals surface area contributed by atoms with Gasteiger partial charge < -0.3 is 5.32 Å². The van der Waals surface area contributed by atoms with Crippen LogP contribution in [0.5, 0.6) is 0 Å². The van der Waals surface area contributed by atoms with Gasteiger partial charge in [-0.1, -0.05) is 17.7 Å². The first kappa shape index (κ1) is 12.0. The van der Waals surface area contributed by atoms with Crippen molar-refractivity contribution < 1.29 is 4.39 Å². The van der Waals surface area contributed by atoms with Crippen molar-refractivity contribution in [3.05, 3.63) is 29.0 Å². The number of hydrogen-bond acceptors (Lipinski definition) is 1. The van der Waals surface area contributed by atoms with Crippen LogP contribution in [-0.4, -0.2) is 6.04 Å². The number of hydrogen-bond donors (Lipinski definition) is 1. The van der Waals surface area contributed by atoms with E-state index < -0.39 is 0 Å². The van der Waals surface area contributed by atoms with E-state index in [1.54, 1.807) is 12.1 Å². The molecule has 1 N–H and O–H groups in total. The molecule has 5 rings (SSSR count). The van der Waals surface area contributed by atoms with E-state index in [-0.39, 0.29) is 5.82 Å². The molecule has 19 heavy (non-hydrogen) atoms. The van der Waals surface area contributed by atoms with E-state index in [1.165, 1.54) is 38.2 Å². The van der Waals surface area contributed by atoms with Gasteiger partial charge in [-0.3, -0.25) is 0 Å². The van der Waals surface area contributed by atoms with Crippen LogP contribution in [0.1, 0.15) is 32.1 Å². The first-order valence-corrected chi connectivity index (χ1v) is 7.79. The van der Waals surface area contributed by atoms with Gasteiger partial charge in [0, 0.05) is 6.04 Å². The Hall–Kier alpha value is -0.760. The highest BCUT2D eigenvalue weighted by Crippen LogP contribution is 2.54. The van der Waals surface area contributed by atoms with Crippen molar-refractivity contribution in [3.8, 4) is 0 Å². The molecule has 0 aromatic heterocycles. The Bertz CT molecular complexity index is 453. The van der Waals surface area contributed by atoms with Crippen molar-refractivity contribution in [1.29, 1.82) is 0 Å². The van der Waals surface area contributed by atoms with Crippen LogP contribution >= 0.6 is 11.6 Å². The molecule has 3 heteroatoms. The fourth-order valence-electron chi connectivity index (χ4n) is 4.96. The molecule has 0 radical (unpaired) electrons. The lowest BCUT2D eigenvalue weighted by molar-refractivity contribution is 0.00745. The van der Waals surface area contributed by atoms with E-state index in [9.17, 15) is 4.39 Å². The standard InChI is InChI=1S/C16H19ClFN/c17-13-2-1-3-14(18)16(13)19-15-11-5-9-4-10(7-11)8-12(15)6-9/h1-3,9-12,15,19H,4-8H2. The zero-order valence-electron chi connectivity index (χ0n) is 10.9. The van der Waals surface area contributed by atoms with Crippen molar-refractivity contribution in [2.45, 2.75) is 38.1 Å². The summed E-state index contributed by atoms with van der Waals surface area (Å²) in [5.74, 6) is 3.12. The molecule has 1 nitrogen and oxygen atoms in total. The highest BCUT2D eigenvalue weighted by Gasteiger charge is 2.48. The minimum atomic E-state index is -0.221. The maximum absolute atomic E-state index is 13.9. The molecule has 102 valence electrons. The van der Waals surface area contributed by atoms with Crippen molar-refractivity contribution in [3.63, 3.8) is 0 Å². The predicted molar refractivity (Wildman–Crippen MR) is 75.9 cm³/mol. The Morgan fingerprint density at radius 3 is 2.21 bits per heavy atom. The largest absolute Gasteiger partial charge is 0.378 e. The number of nitrogens with one attached hydrogen (secondary N) is 1. The minimum absolute atomic E-state index is 0.221. The smallest absolute Gasteiger partial charge is 0.147 e. The molecule has 0 amide bonds. The minimum Gasteiger partial charge on any atom is -0.378 e. The number of anilines is 1. The van der Waals surface area contributed by atoms with Crippen molar-refractivity contribution in [2.75, 3.05) is 5.32 Å². The zero-order valence-corrected chi connectivity index (χ0v) is 11.7. The van der Waals surface area contributed by atoms with E-state index >= 15 is 0 Å². The SMILES string of the molecule is Fc1cccc(Cl)c1NC1C2CC3CC(C2)CC1C3.